The van der Waals surface area contributed by atoms with E-state index in [1.54, 1.807) is 29.5 Å². The third kappa shape index (κ3) is 8.69. The molecular weight excluding hydrogens is 497 g/mol. The Morgan fingerprint density at radius 2 is 2.03 bits per heavy atom. The fourth-order valence-corrected chi connectivity index (χ4v) is 3.47. The third-order valence-corrected chi connectivity index (χ3v) is 5.69. The number of aromatic nitrogens is 1. The first kappa shape index (κ1) is 25.4. The van der Waals surface area contributed by atoms with Gasteiger partial charge in [0.05, 0.1) is 0 Å². The number of pyridine rings is 1. The average molecular weight is 529 g/mol. The highest BCUT2D eigenvalue weighted by molar-refractivity contribution is 14.0. The topological polar surface area (TPSA) is 69.6 Å². The number of rotatable bonds is 9. The van der Waals surface area contributed by atoms with E-state index in [1.165, 1.54) is 4.88 Å². The highest BCUT2D eigenvalue weighted by Gasteiger charge is 2.22. The van der Waals surface area contributed by atoms with Gasteiger partial charge in [-0.25, -0.2) is 4.99 Å². The van der Waals surface area contributed by atoms with Crippen molar-refractivity contribution in [2.75, 3.05) is 33.2 Å². The highest BCUT2D eigenvalue weighted by atomic mass is 127. The molecule has 0 bridgehead atoms. The Balaban J connectivity index is 0.00000420. The van der Waals surface area contributed by atoms with Crippen LogP contribution in [0.15, 0.2) is 46.9 Å². The Kier molecular flexibility index (Phi) is 11.2. The van der Waals surface area contributed by atoms with E-state index in [1.807, 2.05) is 25.1 Å². The van der Waals surface area contributed by atoms with E-state index < -0.39 is 0 Å². The minimum atomic E-state index is -0.00866. The summed E-state index contributed by atoms with van der Waals surface area (Å²) in [5.41, 5.74) is 0.977. The molecule has 0 aliphatic carbocycles. The largest absolute Gasteiger partial charge is 0.357 e. The van der Waals surface area contributed by atoms with Gasteiger partial charge in [0, 0.05) is 55.3 Å². The summed E-state index contributed by atoms with van der Waals surface area (Å²) >= 11 is 1.75. The zero-order chi connectivity index (χ0) is 20.4. The number of nitrogens with zero attached hydrogens (tertiary/aromatic N) is 3. The summed E-state index contributed by atoms with van der Waals surface area (Å²) in [4.78, 5) is 24.2. The number of halogens is 1. The SMILES string of the molecule is CCNC(=NCC(=O)N(C)CCc1ccccn1)NCC(C)(C)c1cccs1.I. The van der Waals surface area contributed by atoms with Crippen molar-refractivity contribution in [1.29, 1.82) is 0 Å². The van der Waals surface area contributed by atoms with Crippen molar-refractivity contribution in [2.45, 2.75) is 32.6 Å². The molecule has 0 aliphatic heterocycles. The van der Waals surface area contributed by atoms with Crippen molar-refractivity contribution < 1.29 is 4.79 Å². The standard InChI is InChI=1S/C21H31N5OS.HI/c1-5-22-20(25-16-21(2,3)18-10-8-14-28-18)24-15-19(27)26(4)13-11-17-9-6-7-12-23-17;/h6-10,12,14H,5,11,13,15-16H2,1-4H3,(H2,22,24,25);1H. The van der Waals surface area contributed by atoms with Crippen molar-refractivity contribution in [1.82, 2.24) is 20.5 Å². The van der Waals surface area contributed by atoms with Crippen LogP contribution in [-0.4, -0.2) is 55.0 Å². The van der Waals surface area contributed by atoms with Crippen LogP contribution < -0.4 is 10.6 Å². The number of nitrogens with one attached hydrogen (secondary N) is 2. The Labute approximate surface area is 195 Å². The first-order valence-electron chi connectivity index (χ1n) is 9.62. The molecule has 1 amide bonds. The zero-order valence-corrected chi connectivity index (χ0v) is 20.8. The fourth-order valence-electron chi connectivity index (χ4n) is 2.62. The smallest absolute Gasteiger partial charge is 0.244 e. The molecule has 0 fully saturated rings. The molecule has 6 nitrogen and oxygen atoms in total. The van der Waals surface area contributed by atoms with E-state index >= 15 is 0 Å². The minimum Gasteiger partial charge on any atom is -0.357 e. The van der Waals surface area contributed by atoms with E-state index in [9.17, 15) is 4.79 Å². The zero-order valence-electron chi connectivity index (χ0n) is 17.6. The predicted molar refractivity (Wildman–Crippen MR) is 132 cm³/mol. The predicted octanol–water partition coefficient (Wildman–Crippen LogP) is 3.29. The van der Waals surface area contributed by atoms with Crippen LogP contribution in [0.25, 0.3) is 0 Å². The molecule has 0 saturated heterocycles. The van der Waals surface area contributed by atoms with Gasteiger partial charge >= 0.3 is 0 Å². The molecule has 0 saturated carbocycles. The van der Waals surface area contributed by atoms with Crippen molar-refractivity contribution in [3.05, 3.63) is 52.5 Å². The van der Waals surface area contributed by atoms with Gasteiger partial charge in [-0.15, -0.1) is 35.3 Å². The molecule has 2 aromatic heterocycles. The van der Waals surface area contributed by atoms with Gasteiger partial charge in [0.25, 0.3) is 0 Å². The fraction of sp³-hybridized carbons (Fsp3) is 0.476. The molecule has 0 unspecified atom stereocenters. The number of aliphatic imine (C=N–C) groups is 1. The quantitative estimate of drug-likeness (QED) is 0.297. The summed E-state index contributed by atoms with van der Waals surface area (Å²) in [5.74, 6) is 0.657. The van der Waals surface area contributed by atoms with Crippen molar-refractivity contribution in [3.63, 3.8) is 0 Å². The van der Waals surface area contributed by atoms with Gasteiger partial charge in [-0.3, -0.25) is 9.78 Å². The van der Waals surface area contributed by atoms with E-state index in [0.717, 1.165) is 25.2 Å². The molecule has 0 aliphatic rings. The summed E-state index contributed by atoms with van der Waals surface area (Å²) in [7, 11) is 1.81. The molecule has 2 N–H and O–H groups in total. The molecule has 0 radical (unpaired) electrons. The summed E-state index contributed by atoms with van der Waals surface area (Å²) in [6.07, 6.45) is 2.51. The monoisotopic (exact) mass is 529 g/mol. The second kappa shape index (κ2) is 12.8. The lowest BCUT2D eigenvalue weighted by Crippen LogP contribution is -2.44. The van der Waals surface area contributed by atoms with E-state index in [2.05, 4.69) is 52.0 Å². The van der Waals surface area contributed by atoms with Crippen molar-refractivity contribution in [2.24, 2.45) is 4.99 Å². The molecule has 8 heteroatoms. The summed E-state index contributed by atoms with van der Waals surface area (Å²) in [6.45, 7) is 8.65. The van der Waals surface area contributed by atoms with E-state index in [4.69, 9.17) is 0 Å². The van der Waals surface area contributed by atoms with Crippen LogP contribution in [0.4, 0.5) is 0 Å². The Bertz CT molecular complexity index is 750. The van der Waals surface area contributed by atoms with Crippen molar-refractivity contribution >= 4 is 47.2 Å². The lowest BCUT2D eigenvalue weighted by Gasteiger charge is -2.25. The van der Waals surface area contributed by atoms with Gasteiger partial charge in [0.15, 0.2) is 5.96 Å². The Hall–Kier alpha value is -1.68. The maximum Gasteiger partial charge on any atom is 0.244 e. The van der Waals surface area contributed by atoms with Gasteiger partial charge in [-0.05, 0) is 30.5 Å². The van der Waals surface area contributed by atoms with Crippen LogP contribution in [0.2, 0.25) is 0 Å². The molecule has 0 atom stereocenters. The summed E-state index contributed by atoms with van der Waals surface area (Å²) in [5, 5.41) is 8.67. The highest BCUT2D eigenvalue weighted by Crippen LogP contribution is 2.26. The van der Waals surface area contributed by atoms with Gasteiger partial charge in [0.1, 0.15) is 6.54 Å². The number of amides is 1. The van der Waals surface area contributed by atoms with Gasteiger partial charge < -0.3 is 15.5 Å². The lowest BCUT2D eigenvalue weighted by molar-refractivity contribution is -0.128. The van der Waals surface area contributed by atoms with Crippen LogP contribution in [-0.2, 0) is 16.6 Å². The number of carbonyl (C=O) groups is 1. The Morgan fingerprint density at radius 3 is 2.66 bits per heavy atom. The summed E-state index contributed by atoms with van der Waals surface area (Å²) < 4.78 is 0. The van der Waals surface area contributed by atoms with E-state index in [0.29, 0.717) is 12.5 Å². The van der Waals surface area contributed by atoms with Gasteiger partial charge in [0.2, 0.25) is 5.91 Å². The number of hydrogen-bond donors (Lipinski definition) is 2. The molecule has 0 spiro atoms. The number of guanidine groups is 1. The number of carbonyl (C=O) groups excluding carboxylic acids is 1. The van der Waals surface area contributed by atoms with Gasteiger partial charge in [-0.2, -0.15) is 0 Å². The second-order valence-corrected chi connectivity index (χ2v) is 8.24. The number of hydrogen-bond acceptors (Lipinski definition) is 4. The van der Waals surface area contributed by atoms with E-state index in [-0.39, 0.29) is 41.8 Å². The van der Waals surface area contributed by atoms with Crippen molar-refractivity contribution in [3.8, 4) is 0 Å². The number of likely N-dealkylation sites (N-methyl/N-ethyl adjacent to an activating group) is 1. The maximum absolute atomic E-state index is 12.4. The van der Waals surface area contributed by atoms with Crippen LogP contribution in [0.3, 0.4) is 0 Å². The molecule has 2 aromatic rings. The minimum absolute atomic E-state index is 0. The number of thiophene rings is 1. The normalized spacial score (nSPS) is 11.5. The lowest BCUT2D eigenvalue weighted by atomic mass is 9.91. The molecule has 160 valence electrons. The average Bonchev–Trinajstić information content (AvgIpc) is 3.24. The first-order valence-corrected chi connectivity index (χ1v) is 10.5. The molecule has 2 heterocycles. The maximum atomic E-state index is 12.4. The molecule has 29 heavy (non-hydrogen) atoms. The third-order valence-electron chi connectivity index (χ3n) is 4.46. The van der Waals surface area contributed by atoms with Crippen LogP contribution >= 0.6 is 35.3 Å². The van der Waals surface area contributed by atoms with Crippen LogP contribution in [0.5, 0.6) is 0 Å². The second-order valence-electron chi connectivity index (χ2n) is 7.30. The first-order chi connectivity index (χ1) is 13.4. The van der Waals surface area contributed by atoms with Gasteiger partial charge in [-0.1, -0.05) is 26.0 Å². The molecule has 2 rings (SSSR count). The van der Waals surface area contributed by atoms with Crippen LogP contribution in [0, 0.1) is 0 Å². The molecule has 0 aromatic carbocycles. The summed E-state index contributed by atoms with van der Waals surface area (Å²) in [6, 6.07) is 10.0. The Morgan fingerprint density at radius 1 is 1.24 bits per heavy atom. The van der Waals surface area contributed by atoms with Crippen LogP contribution in [0.1, 0.15) is 31.3 Å². The molecular formula is C21H32IN5OS.